The Morgan fingerprint density at radius 1 is 1.53 bits per heavy atom. The minimum atomic E-state index is -1.47. The highest BCUT2D eigenvalue weighted by Gasteiger charge is 2.40. The fourth-order valence-corrected chi connectivity index (χ4v) is 1.85. The molecule has 1 aliphatic carbocycles. The summed E-state index contributed by atoms with van der Waals surface area (Å²) in [6.07, 6.45) is 2.78. The molecular weight excluding hydrogens is 223 g/mol. The minimum Gasteiger partial charge on any atom is -0.479 e. The summed E-state index contributed by atoms with van der Waals surface area (Å²) >= 11 is 0. The van der Waals surface area contributed by atoms with Gasteiger partial charge in [-0.1, -0.05) is 12.1 Å². The van der Waals surface area contributed by atoms with Crippen LogP contribution in [0.15, 0.2) is 24.3 Å². The molecule has 1 aromatic carbocycles. The van der Waals surface area contributed by atoms with Crippen molar-refractivity contribution < 1.29 is 19.0 Å². The van der Waals surface area contributed by atoms with E-state index in [1.807, 2.05) is 0 Å². The summed E-state index contributed by atoms with van der Waals surface area (Å²) in [6.45, 7) is 1.47. The molecule has 0 radical (unpaired) electrons. The number of rotatable bonds is 4. The van der Waals surface area contributed by atoms with Crippen LogP contribution in [0.25, 0.3) is 0 Å². The van der Waals surface area contributed by atoms with Gasteiger partial charge in [-0.3, -0.25) is 0 Å². The second-order valence-corrected chi connectivity index (χ2v) is 4.52. The number of carboxylic acid groups (broad SMARTS) is 1. The lowest BCUT2D eigenvalue weighted by molar-refractivity contribution is -0.179. The van der Waals surface area contributed by atoms with Crippen LogP contribution in [0.5, 0.6) is 0 Å². The lowest BCUT2D eigenvalue weighted by Crippen LogP contribution is -2.41. The van der Waals surface area contributed by atoms with Crippen molar-refractivity contribution in [2.24, 2.45) is 0 Å². The number of benzene rings is 1. The van der Waals surface area contributed by atoms with Crippen LogP contribution < -0.4 is 0 Å². The van der Waals surface area contributed by atoms with E-state index in [1.165, 1.54) is 25.1 Å². The number of hydrogen-bond acceptors (Lipinski definition) is 2. The van der Waals surface area contributed by atoms with Gasteiger partial charge in [0.2, 0.25) is 0 Å². The highest BCUT2D eigenvalue weighted by molar-refractivity contribution is 5.79. The van der Waals surface area contributed by atoms with Crippen molar-refractivity contribution in [3.63, 3.8) is 0 Å². The van der Waals surface area contributed by atoms with Gasteiger partial charge in [-0.05, 0) is 43.9 Å². The monoisotopic (exact) mass is 238 g/mol. The van der Waals surface area contributed by atoms with Crippen LogP contribution in [-0.2, 0) is 15.1 Å². The summed E-state index contributed by atoms with van der Waals surface area (Å²) in [7, 11) is 0. The van der Waals surface area contributed by atoms with Crippen LogP contribution in [0.1, 0.15) is 31.7 Å². The molecular formula is C13H15FO3. The molecule has 1 atom stereocenters. The van der Waals surface area contributed by atoms with Crippen molar-refractivity contribution >= 4 is 5.97 Å². The Morgan fingerprint density at radius 2 is 2.24 bits per heavy atom. The van der Waals surface area contributed by atoms with Crippen LogP contribution in [0.4, 0.5) is 4.39 Å². The predicted molar refractivity (Wildman–Crippen MR) is 60.1 cm³/mol. The Morgan fingerprint density at radius 3 is 2.71 bits per heavy atom. The number of carbonyl (C=O) groups is 1. The van der Waals surface area contributed by atoms with Gasteiger partial charge in [-0.15, -0.1) is 0 Å². The quantitative estimate of drug-likeness (QED) is 0.877. The number of ether oxygens (including phenoxy) is 1. The molecule has 1 aliphatic rings. The maximum atomic E-state index is 13.1. The number of carboxylic acids is 1. The van der Waals surface area contributed by atoms with Crippen molar-refractivity contribution in [3.8, 4) is 0 Å². The Hall–Kier alpha value is -1.42. The van der Waals surface area contributed by atoms with Crippen LogP contribution >= 0.6 is 0 Å². The summed E-state index contributed by atoms with van der Waals surface area (Å²) in [5.41, 5.74) is -1.12. The van der Waals surface area contributed by atoms with Gasteiger partial charge in [-0.25, -0.2) is 9.18 Å². The summed E-state index contributed by atoms with van der Waals surface area (Å²) in [5.74, 6) is -1.54. The zero-order chi connectivity index (χ0) is 12.5. The SMILES string of the molecule is CC(OC1CCC1)(C(=O)O)c1cccc(F)c1. The Balaban J connectivity index is 2.29. The second-order valence-electron chi connectivity index (χ2n) is 4.52. The fraction of sp³-hybridized carbons (Fsp3) is 0.462. The predicted octanol–water partition coefficient (Wildman–Crippen LogP) is 2.69. The lowest BCUT2D eigenvalue weighted by Gasteiger charge is -2.35. The fourth-order valence-electron chi connectivity index (χ4n) is 1.85. The van der Waals surface area contributed by atoms with Crippen LogP contribution in [0.2, 0.25) is 0 Å². The van der Waals surface area contributed by atoms with E-state index < -0.39 is 17.4 Å². The summed E-state index contributed by atoms with van der Waals surface area (Å²) < 4.78 is 18.8. The van der Waals surface area contributed by atoms with E-state index in [4.69, 9.17) is 4.74 Å². The first kappa shape index (κ1) is 12.0. The molecule has 1 unspecified atom stereocenters. The summed E-state index contributed by atoms with van der Waals surface area (Å²) in [4.78, 5) is 11.4. The molecule has 17 heavy (non-hydrogen) atoms. The van der Waals surface area contributed by atoms with E-state index in [9.17, 15) is 14.3 Å². The average Bonchev–Trinajstić information content (AvgIpc) is 2.23. The van der Waals surface area contributed by atoms with Gasteiger partial charge in [-0.2, -0.15) is 0 Å². The third-order valence-electron chi connectivity index (χ3n) is 3.24. The topological polar surface area (TPSA) is 46.5 Å². The molecule has 1 fully saturated rings. The Bertz CT molecular complexity index is 428. The zero-order valence-corrected chi connectivity index (χ0v) is 9.65. The smallest absolute Gasteiger partial charge is 0.340 e. The number of aliphatic carboxylic acids is 1. The molecule has 0 bridgehead atoms. The Kier molecular flexibility index (Phi) is 3.15. The summed E-state index contributed by atoms with van der Waals surface area (Å²) in [6, 6.07) is 5.58. The highest BCUT2D eigenvalue weighted by Crippen LogP contribution is 2.33. The maximum Gasteiger partial charge on any atom is 0.340 e. The highest BCUT2D eigenvalue weighted by atomic mass is 19.1. The van der Waals surface area contributed by atoms with E-state index in [1.54, 1.807) is 6.07 Å². The standard InChI is InChI=1S/C13H15FO3/c1-13(12(15)16,17-11-6-3-7-11)9-4-2-5-10(14)8-9/h2,4-5,8,11H,3,6-7H2,1H3,(H,15,16). The minimum absolute atomic E-state index is 0.0284. The van der Waals surface area contributed by atoms with Gasteiger partial charge in [0.1, 0.15) is 5.82 Å². The molecule has 1 N–H and O–H groups in total. The largest absolute Gasteiger partial charge is 0.479 e. The molecule has 0 amide bonds. The molecule has 0 spiro atoms. The van der Waals surface area contributed by atoms with E-state index in [0.29, 0.717) is 5.56 Å². The summed E-state index contributed by atoms with van der Waals surface area (Å²) in [5, 5.41) is 9.30. The van der Waals surface area contributed by atoms with Crippen molar-refractivity contribution in [2.45, 2.75) is 37.9 Å². The molecule has 0 heterocycles. The molecule has 92 valence electrons. The third kappa shape index (κ3) is 2.31. The molecule has 0 aliphatic heterocycles. The first-order valence-corrected chi connectivity index (χ1v) is 5.69. The lowest BCUT2D eigenvalue weighted by atomic mass is 9.91. The zero-order valence-electron chi connectivity index (χ0n) is 9.65. The molecule has 4 heteroatoms. The number of halogens is 1. The van der Waals surface area contributed by atoms with Gasteiger partial charge < -0.3 is 9.84 Å². The van der Waals surface area contributed by atoms with Crippen LogP contribution in [0.3, 0.4) is 0 Å². The van der Waals surface area contributed by atoms with Gasteiger partial charge in [0.25, 0.3) is 0 Å². The van der Waals surface area contributed by atoms with Crippen molar-refractivity contribution in [2.75, 3.05) is 0 Å². The van der Waals surface area contributed by atoms with Crippen molar-refractivity contribution in [1.29, 1.82) is 0 Å². The first-order chi connectivity index (χ1) is 8.02. The number of hydrogen-bond donors (Lipinski definition) is 1. The first-order valence-electron chi connectivity index (χ1n) is 5.69. The molecule has 0 aromatic heterocycles. The molecule has 0 saturated heterocycles. The Labute approximate surface area is 99.2 Å². The van der Waals surface area contributed by atoms with Gasteiger partial charge >= 0.3 is 5.97 Å². The average molecular weight is 238 g/mol. The van der Waals surface area contributed by atoms with E-state index in [2.05, 4.69) is 0 Å². The molecule has 3 nitrogen and oxygen atoms in total. The van der Waals surface area contributed by atoms with E-state index in [-0.39, 0.29) is 6.10 Å². The third-order valence-corrected chi connectivity index (χ3v) is 3.24. The van der Waals surface area contributed by atoms with Crippen molar-refractivity contribution in [1.82, 2.24) is 0 Å². The molecule has 1 aromatic rings. The normalized spacial score (nSPS) is 19.4. The van der Waals surface area contributed by atoms with Gasteiger partial charge in [0.05, 0.1) is 6.10 Å². The van der Waals surface area contributed by atoms with Gasteiger partial charge in [0.15, 0.2) is 5.60 Å². The van der Waals surface area contributed by atoms with E-state index in [0.717, 1.165) is 19.3 Å². The molecule has 1 saturated carbocycles. The van der Waals surface area contributed by atoms with E-state index >= 15 is 0 Å². The van der Waals surface area contributed by atoms with Gasteiger partial charge in [0, 0.05) is 0 Å². The maximum absolute atomic E-state index is 13.1. The van der Waals surface area contributed by atoms with Crippen molar-refractivity contribution in [3.05, 3.63) is 35.6 Å². The van der Waals surface area contributed by atoms with Crippen LogP contribution in [-0.4, -0.2) is 17.2 Å². The second kappa shape index (κ2) is 4.45. The molecule has 2 rings (SSSR count). The van der Waals surface area contributed by atoms with Crippen LogP contribution in [0, 0.1) is 5.82 Å².